The van der Waals surface area contributed by atoms with Gasteiger partial charge in [-0.15, -0.1) is 11.8 Å². The van der Waals surface area contributed by atoms with Crippen LogP contribution in [0.3, 0.4) is 0 Å². The van der Waals surface area contributed by atoms with Gasteiger partial charge in [-0.25, -0.2) is 4.79 Å². The highest BCUT2D eigenvalue weighted by Crippen LogP contribution is 2.44. The van der Waals surface area contributed by atoms with Crippen molar-refractivity contribution in [1.29, 1.82) is 0 Å². The van der Waals surface area contributed by atoms with E-state index in [1.807, 2.05) is 31.2 Å². The molecule has 1 aromatic carbocycles. The molecule has 1 aliphatic carbocycles. The number of nitrogens with one attached hydrogen (secondary N) is 1. The highest BCUT2D eigenvalue weighted by Gasteiger charge is 2.55. The lowest BCUT2D eigenvalue weighted by atomic mass is 9.77. The molecule has 2 amide bonds. The normalized spacial score (nSPS) is 24.9. The molecule has 0 aromatic heterocycles. The molecule has 3 aliphatic rings. The summed E-state index contributed by atoms with van der Waals surface area (Å²) in [5.74, 6) is -0.297. The van der Waals surface area contributed by atoms with Crippen LogP contribution < -0.4 is 10.1 Å². The Kier molecular flexibility index (Phi) is 5.53. The second-order valence-electron chi connectivity index (χ2n) is 8.04. The van der Waals surface area contributed by atoms with Gasteiger partial charge in [0.1, 0.15) is 22.9 Å². The van der Waals surface area contributed by atoms with Crippen molar-refractivity contribution in [2.45, 2.75) is 56.4 Å². The van der Waals surface area contributed by atoms with Gasteiger partial charge in [-0.05, 0) is 50.0 Å². The Bertz CT molecular complexity index is 905. The summed E-state index contributed by atoms with van der Waals surface area (Å²) in [4.78, 5) is 39.1. The van der Waals surface area contributed by atoms with Crippen LogP contribution >= 0.6 is 11.8 Å². The van der Waals surface area contributed by atoms with E-state index in [2.05, 4.69) is 5.32 Å². The molecule has 1 aromatic rings. The molecule has 160 valence electrons. The van der Waals surface area contributed by atoms with Crippen molar-refractivity contribution >= 4 is 29.5 Å². The summed E-state index contributed by atoms with van der Waals surface area (Å²) in [5.41, 5.74) is 0.995. The molecule has 0 spiro atoms. The number of benzene rings is 1. The van der Waals surface area contributed by atoms with Crippen LogP contribution in [0.2, 0.25) is 0 Å². The van der Waals surface area contributed by atoms with E-state index in [1.54, 1.807) is 6.92 Å². The van der Waals surface area contributed by atoms with E-state index < -0.39 is 17.4 Å². The summed E-state index contributed by atoms with van der Waals surface area (Å²) in [6.07, 6.45) is 3.37. The third-order valence-electron chi connectivity index (χ3n) is 6.26. The van der Waals surface area contributed by atoms with E-state index in [4.69, 9.17) is 4.74 Å². The van der Waals surface area contributed by atoms with Crippen LogP contribution in [0.15, 0.2) is 35.5 Å². The fraction of sp³-hybridized carbons (Fsp3) is 0.500. The Morgan fingerprint density at radius 2 is 1.93 bits per heavy atom. The Balaban J connectivity index is 1.54. The Morgan fingerprint density at radius 3 is 2.53 bits per heavy atom. The molecule has 2 heterocycles. The molecule has 1 saturated heterocycles. The van der Waals surface area contributed by atoms with Gasteiger partial charge in [0.2, 0.25) is 5.91 Å². The molecule has 8 heteroatoms. The molecular weight excluding hydrogens is 404 g/mol. The number of carboxylic acids is 1. The molecule has 4 rings (SSSR count). The minimum Gasteiger partial charge on any atom is -0.494 e. The molecule has 1 saturated carbocycles. The smallest absolute Gasteiger partial charge is 0.352 e. The number of fused-ring (bicyclic) bond motifs is 1. The third kappa shape index (κ3) is 3.27. The van der Waals surface area contributed by atoms with Crippen LogP contribution in [0.4, 0.5) is 0 Å². The number of β-lactam (4-membered cyclic amide) rings is 1. The average Bonchev–Trinajstić information content (AvgIpc) is 3.23. The van der Waals surface area contributed by atoms with E-state index in [9.17, 15) is 19.5 Å². The van der Waals surface area contributed by atoms with Crippen molar-refractivity contribution in [2.75, 3.05) is 12.4 Å². The summed E-state index contributed by atoms with van der Waals surface area (Å²) in [6, 6.07) is 6.95. The maximum Gasteiger partial charge on any atom is 0.352 e. The fourth-order valence-corrected chi connectivity index (χ4v) is 6.01. The molecule has 2 fully saturated rings. The molecule has 2 N–H and O–H groups in total. The number of hydrogen-bond donors (Lipinski definition) is 2. The zero-order chi connectivity index (χ0) is 21.5. The number of amides is 2. The molecule has 7 nitrogen and oxygen atoms in total. The Labute approximate surface area is 179 Å². The van der Waals surface area contributed by atoms with Crippen molar-refractivity contribution < 1.29 is 24.2 Å². The minimum absolute atomic E-state index is 0.0522. The third-order valence-corrected chi connectivity index (χ3v) is 7.68. The summed E-state index contributed by atoms with van der Waals surface area (Å²) in [5, 5.41) is 12.1. The molecular formula is C22H26N2O5S. The lowest BCUT2D eigenvalue weighted by Crippen LogP contribution is -2.71. The first-order valence-corrected chi connectivity index (χ1v) is 11.4. The summed E-state index contributed by atoms with van der Waals surface area (Å²) >= 11 is 1.49. The zero-order valence-corrected chi connectivity index (χ0v) is 18.0. The van der Waals surface area contributed by atoms with Crippen molar-refractivity contribution in [3.8, 4) is 5.75 Å². The monoisotopic (exact) mass is 430 g/mol. The van der Waals surface area contributed by atoms with Gasteiger partial charge in [0.15, 0.2) is 0 Å². The number of hydrogen-bond acceptors (Lipinski definition) is 5. The minimum atomic E-state index is -1.10. The van der Waals surface area contributed by atoms with E-state index in [-0.39, 0.29) is 22.9 Å². The Morgan fingerprint density at radius 1 is 1.27 bits per heavy atom. The summed E-state index contributed by atoms with van der Waals surface area (Å²) in [7, 11) is 0. The van der Waals surface area contributed by atoms with Crippen molar-refractivity contribution in [1.82, 2.24) is 10.2 Å². The van der Waals surface area contributed by atoms with Gasteiger partial charge < -0.3 is 15.2 Å². The van der Waals surface area contributed by atoms with E-state index in [1.165, 1.54) is 16.7 Å². The maximum atomic E-state index is 13.4. The standard InChI is InChI=1S/C22H26N2O5S/c1-3-29-15-8-6-14(7-9-15)22(10-4-5-11-22)21(28)23-16-18(25)24-17(20(26)27)13(2)12-30-19(16)24/h6-9,16,19H,3-5,10-12H2,1-2H3,(H,23,28)(H,26,27)/t16-,19+/m0/s1. The lowest BCUT2D eigenvalue weighted by Gasteiger charge is -2.50. The first-order valence-electron chi connectivity index (χ1n) is 10.3. The number of aliphatic carboxylic acids is 1. The van der Waals surface area contributed by atoms with E-state index in [0.29, 0.717) is 17.9 Å². The SMILES string of the molecule is CCOc1ccc(C2(C(=O)N[C@H]3C(=O)N4C(C(=O)O)=C(C)CS[C@H]34)CCCC2)cc1. The van der Waals surface area contributed by atoms with Gasteiger partial charge in [-0.1, -0.05) is 25.0 Å². The highest BCUT2D eigenvalue weighted by molar-refractivity contribution is 8.00. The largest absolute Gasteiger partial charge is 0.494 e. The van der Waals surface area contributed by atoms with Crippen molar-refractivity contribution in [3.05, 3.63) is 41.1 Å². The molecule has 30 heavy (non-hydrogen) atoms. The van der Waals surface area contributed by atoms with Crippen molar-refractivity contribution in [2.24, 2.45) is 0 Å². The second-order valence-corrected chi connectivity index (χ2v) is 9.15. The lowest BCUT2D eigenvalue weighted by molar-refractivity contribution is -0.151. The Hall–Kier alpha value is -2.48. The summed E-state index contributed by atoms with van der Waals surface area (Å²) < 4.78 is 5.51. The predicted molar refractivity (Wildman–Crippen MR) is 113 cm³/mol. The van der Waals surface area contributed by atoms with Gasteiger partial charge in [0.25, 0.3) is 5.91 Å². The van der Waals surface area contributed by atoms with Crippen LogP contribution in [-0.2, 0) is 19.8 Å². The predicted octanol–water partition coefficient (Wildman–Crippen LogP) is 2.66. The average molecular weight is 431 g/mol. The van der Waals surface area contributed by atoms with Crippen LogP contribution in [0, 0.1) is 0 Å². The number of carbonyl (C=O) groups is 3. The number of thioether (sulfide) groups is 1. The van der Waals surface area contributed by atoms with E-state index in [0.717, 1.165) is 37.0 Å². The molecule has 2 atom stereocenters. The molecule has 0 unspecified atom stereocenters. The summed E-state index contributed by atoms with van der Waals surface area (Å²) in [6.45, 7) is 4.23. The van der Waals surface area contributed by atoms with Crippen LogP contribution in [0.1, 0.15) is 45.1 Å². The van der Waals surface area contributed by atoms with Crippen LogP contribution in [-0.4, -0.2) is 51.6 Å². The van der Waals surface area contributed by atoms with Crippen LogP contribution in [0.25, 0.3) is 0 Å². The number of carboxylic acid groups (broad SMARTS) is 1. The number of ether oxygens (including phenoxy) is 1. The van der Waals surface area contributed by atoms with E-state index >= 15 is 0 Å². The second kappa shape index (κ2) is 7.98. The first kappa shape index (κ1) is 20.8. The van der Waals surface area contributed by atoms with Gasteiger partial charge >= 0.3 is 5.97 Å². The number of nitrogens with zero attached hydrogens (tertiary/aromatic N) is 1. The van der Waals surface area contributed by atoms with Gasteiger partial charge in [0, 0.05) is 5.75 Å². The molecule has 0 radical (unpaired) electrons. The number of rotatable bonds is 6. The van der Waals surface area contributed by atoms with Gasteiger partial charge in [0.05, 0.1) is 12.0 Å². The fourth-order valence-electron chi connectivity index (χ4n) is 4.72. The topological polar surface area (TPSA) is 95.9 Å². The van der Waals surface area contributed by atoms with Crippen LogP contribution in [0.5, 0.6) is 5.75 Å². The molecule has 0 bridgehead atoms. The van der Waals surface area contributed by atoms with Gasteiger partial charge in [-0.2, -0.15) is 0 Å². The van der Waals surface area contributed by atoms with Crippen molar-refractivity contribution in [3.63, 3.8) is 0 Å². The number of carbonyl (C=O) groups excluding carboxylic acids is 2. The first-order chi connectivity index (χ1) is 14.4. The zero-order valence-electron chi connectivity index (χ0n) is 17.1. The molecule has 2 aliphatic heterocycles. The maximum absolute atomic E-state index is 13.4. The van der Waals surface area contributed by atoms with Gasteiger partial charge in [-0.3, -0.25) is 14.5 Å². The highest BCUT2D eigenvalue weighted by atomic mass is 32.2. The quantitative estimate of drug-likeness (QED) is 0.674.